The Balaban J connectivity index is 1.96. The number of carbonyl (C=O) groups is 1. The van der Waals surface area contributed by atoms with E-state index >= 15 is 0 Å². The fraction of sp³-hybridized carbons (Fsp3) is 0.389. The van der Waals surface area contributed by atoms with E-state index in [-0.39, 0.29) is 0 Å². The normalized spacial score (nSPS) is 12.0. The fourth-order valence-corrected chi connectivity index (χ4v) is 3.49. The van der Waals surface area contributed by atoms with E-state index in [1.54, 1.807) is 12.4 Å². The molecule has 0 aliphatic rings. The van der Waals surface area contributed by atoms with Gasteiger partial charge in [0, 0.05) is 45.1 Å². The van der Waals surface area contributed by atoms with E-state index in [0.717, 1.165) is 41.4 Å². The van der Waals surface area contributed by atoms with Crippen molar-refractivity contribution in [2.75, 3.05) is 6.61 Å². The molecule has 132 valence electrons. The van der Waals surface area contributed by atoms with Crippen LogP contribution in [0, 0.1) is 0 Å². The van der Waals surface area contributed by atoms with Crippen LogP contribution in [0.2, 0.25) is 25.7 Å². The molecule has 3 rings (SSSR count). The van der Waals surface area contributed by atoms with E-state index in [1.165, 1.54) is 0 Å². The average Bonchev–Trinajstić information content (AvgIpc) is 3.13. The molecule has 0 bridgehead atoms. The van der Waals surface area contributed by atoms with E-state index in [4.69, 9.17) is 4.74 Å². The van der Waals surface area contributed by atoms with E-state index < -0.39 is 8.07 Å². The highest BCUT2D eigenvalue weighted by Gasteiger charge is 2.16. The monoisotopic (exact) mass is 356 g/mol. The van der Waals surface area contributed by atoms with Gasteiger partial charge in [0.15, 0.2) is 6.29 Å². The van der Waals surface area contributed by atoms with Gasteiger partial charge in [-0.3, -0.25) is 14.0 Å². The van der Waals surface area contributed by atoms with Crippen LogP contribution in [0.1, 0.15) is 10.4 Å². The third kappa shape index (κ3) is 3.88. The lowest BCUT2D eigenvalue weighted by Crippen LogP contribution is -2.22. The summed E-state index contributed by atoms with van der Waals surface area (Å²) in [5, 5.41) is 5.18. The first-order chi connectivity index (χ1) is 11.9. The molecule has 0 unspecified atom stereocenters. The summed E-state index contributed by atoms with van der Waals surface area (Å²) in [5.74, 6) is 0. The second-order valence-corrected chi connectivity index (χ2v) is 13.1. The molecule has 0 radical (unpaired) electrons. The number of ether oxygens (including phenoxy) is 1. The molecule has 0 aromatic carbocycles. The molecule has 3 aromatic heterocycles. The fourth-order valence-electron chi connectivity index (χ4n) is 2.73. The summed E-state index contributed by atoms with van der Waals surface area (Å²) >= 11 is 0. The number of pyridine rings is 1. The van der Waals surface area contributed by atoms with E-state index in [1.807, 2.05) is 34.5 Å². The first-order valence-electron chi connectivity index (χ1n) is 8.39. The summed E-state index contributed by atoms with van der Waals surface area (Å²) < 4.78 is 9.83. The largest absolute Gasteiger partial charge is 0.361 e. The number of hydrogen-bond acceptors (Lipinski definition) is 4. The number of aryl methyl sites for hydroxylation is 1. The Kier molecular flexibility index (Phi) is 4.87. The molecule has 0 spiro atoms. The number of carbonyl (C=O) groups excluding carboxylic acids is 1. The smallest absolute Gasteiger partial charge is 0.151 e. The molecule has 7 heteroatoms. The van der Waals surface area contributed by atoms with Gasteiger partial charge in [0.05, 0.1) is 11.4 Å². The average molecular weight is 357 g/mol. The molecule has 0 aliphatic heterocycles. The predicted molar refractivity (Wildman–Crippen MR) is 101 cm³/mol. The molecular formula is C18H24N4O2Si. The lowest BCUT2D eigenvalue weighted by atomic mass is 10.2. The first kappa shape index (κ1) is 17.6. The van der Waals surface area contributed by atoms with Gasteiger partial charge in [0.2, 0.25) is 0 Å². The van der Waals surface area contributed by atoms with Crippen molar-refractivity contribution in [2.45, 2.75) is 32.4 Å². The van der Waals surface area contributed by atoms with Gasteiger partial charge < -0.3 is 4.74 Å². The van der Waals surface area contributed by atoms with Gasteiger partial charge in [-0.15, -0.1) is 0 Å². The molecule has 25 heavy (non-hydrogen) atoms. The van der Waals surface area contributed by atoms with Crippen molar-refractivity contribution in [2.24, 2.45) is 7.05 Å². The van der Waals surface area contributed by atoms with E-state index in [0.29, 0.717) is 12.3 Å². The van der Waals surface area contributed by atoms with Crippen molar-refractivity contribution in [1.82, 2.24) is 19.3 Å². The third-order valence-corrected chi connectivity index (χ3v) is 5.90. The maximum absolute atomic E-state index is 11.0. The highest BCUT2D eigenvalue weighted by molar-refractivity contribution is 6.76. The summed E-state index contributed by atoms with van der Waals surface area (Å²) in [6, 6.07) is 6.98. The first-order valence-corrected chi connectivity index (χ1v) is 12.1. The number of fused-ring (bicyclic) bond motifs is 1. The molecule has 0 atom stereocenters. The molecule has 3 aromatic rings. The Morgan fingerprint density at radius 3 is 2.68 bits per heavy atom. The molecular weight excluding hydrogens is 332 g/mol. The van der Waals surface area contributed by atoms with Gasteiger partial charge in [-0.25, -0.2) is 4.98 Å². The quantitative estimate of drug-likeness (QED) is 0.369. The van der Waals surface area contributed by atoms with Crippen LogP contribution in [-0.2, 0) is 18.5 Å². The molecule has 0 amide bonds. The van der Waals surface area contributed by atoms with Gasteiger partial charge in [0.25, 0.3) is 0 Å². The molecule has 3 heterocycles. The predicted octanol–water partition coefficient (Wildman–Crippen LogP) is 3.56. The topological polar surface area (TPSA) is 61.9 Å². The Morgan fingerprint density at radius 2 is 2.04 bits per heavy atom. The SMILES string of the molecule is Cn1nccc1-c1cc2cc(C=O)cnc2n1COCC[Si](C)(C)C. The summed E-state index contributed by atoms with van der Waals surface area (Å²) in [6.07, 6.45) is 4.19. The summed E-state index contributed by atoms with van der Waals surface area (Å²) in [6.45, 7) is 8.19. The van der Waals surface area contributed by atoms with Crippen molar-refractivity contribution in [3.63, 3.8) is 0 Å². The second-order valence-electron chi connectivity index (χ2n) is 7.45. The molecule has 0 N–H and O–H groups in total. The van der Waals surface area contributed by atoms with E-state index in [9.17, 15) is 4.79 Å². The van der Waals surface area contributed by atoms with Crippen molar-refractivity contribution < 1.29 is 9.53 Å². The van der Waals surface area contributed by atoms with Crippen LogP contribution < -0.4 is 0 Å². The third-order valence-electron chi connectivity index (χ3n) is 4.19. The molecule has 6 nitrogen and oxygen atoms in total. The minimum absolute atomic E-state index is 0.432. The number of nitrogens with zero attached hydrogens (tertiary/aromatic N) is 4. The summed E-state index contributed by atoms with van der Waals surface area (Å²) in [4.78, 5) is 15.5. The molecule has 0 aliphatic carbocycles. The van der Waals surface area contributed by atoms with Crippen molar-refractivity contribution in [3.05, 3.63) is 36.2 Å². The van der Waals surface area contributed by atoms with E-state index in [2.05, 4.69) is 29.7 Å². The van der Waals surface area contributed by atoms with Gasteiger partial charge in [-0.05, 0) is 24.2 Å². The lowest BCUT2D eigenvalue weighted by Gasteiger charge is -2.16. The number of hydrogen-bond donors (Lipinski definition) is 0. The lowest BCUT2D eigenvalue weighted by molar-refractivity contribution is 0.0908. The van der Waals surface area contributed by atoms with Crippen LogP contribution in [0.25, 0.3) is 22.4 Å². The molecule has 0 fully saturated rings. The van der Waals surface area contributed by atoms with Gasteiger partial charge >= 0.3 is 0 Å². The van der Waals surface area contributed by atoms with Crippen LogP contribution in [0.5, 0.6) is 0 Å². The standard InChI is InChI=1S/C18H24N4O2Si/c1-21-16(5-6-20-21)17-10-15-9-14(12-23)11-19-18(15)22(17)13-24-7-8-25(2,3)4/h5-6,9-12H,7-8,13H2,1-4H3. The summed E-state index contributed by atoms with van der Waals surface area (Å²) in [7, 11) is 0.787. The second kappa shape index (κ2) is 6.93. The Hall–Kier alpha value is -2.25. The zero-order valence-electron chi connectivity index (χ0n) is 15.2. The zero-order valence-corrected chi connectivity index (χ0v) is 16.2. The summed E-state index contributed by atoms with van der Waals surface area (Å²) in [5.41, 5.74) is 3.36. The Labute approximate surface area is 148 Å². The van der Waals surface area contributed by atoms with Crippen LogP contribution >= 0.6 is 0 Å². The van der Waals surface area contributed by atoms with Crippen molar-refractivity contribution in [3.8, 4) is 11.4 Å². The number of rotatable bonds is 7. The zero-order chi connectivity index (χ0) is 18.0. The Morgan fingerprint density at radius 1 is 1.24 bits per heavy atom. The minimum Gasteiger partial charge on any atom is -0.361 e. The molecule has 0 saturated heterocycles. The minimum atomic E-state index is -1.12. The van der Waals surface area contributed by atoms with Crippen LogP contribution in [0.15, 0.2) is 30.6 Å². The number of aromatic nitrogens is 4. The van der Waals surface area contributed by atoms with Gasteiger partial charge in [-0.2, -0.15) is 5.10 Å². The van der Waals surface area contributed by atoms with Crippen LogP contribution in [0.4, 0.5) is 0 Å². The number of aldehydes is 1. The Bertz CT molecular complexity index is 892. The highest BCUT2D eigenvalue weighted by atomic mass is 28.3. The maximum Gasteiger partial charge on any atom is 0.151 e. The highest BCUT2D eigenvalue weighted by Crippen LogP contribution is 2.27. The van der Waals surface area contributed by atoms with Crippen molar-refractivity contribution >= 4 is 25.4 Å². The van der Waals surface area contributed by atoms with Gasteiger partial charge in [-0.1, -0.05) is 19.6 Å². The van der Waals surface area contributed by atoms with Crippen LogP contribution in [-0.4, -0.2) is 40.3 Å². The maximum atomic E-state index is 11.0. The van der Waals surface area contributed by atoms with Crippen molar-refractivity contribution in [1.29, 1.82) is 0 Å². The molecule has 0 saturated carbocycles. The van der Waals surface area contributed by atoms with Crippen LogP contribution in [0.3, 0.4) is 0 Å². The van der Waals surface area contributed by atoms with Gasteiger partial charge in [0.1, 0.15) is 12.4 Å².